The zero-order valence-electron chi connectivity index (χ0n) is 13.0. The van der Waals surface area contributed by atoms with Crippen LogP contribution in [0.4, 0.5) is 0 Å². The highest BCUT2D eigenvalue weighted by atomic mass is 79.9. The van der Waals surface area contributed by atoms with Crippen LogP contribution >= 0.6 is 27.5 Å². The van der Waals surface area contributed by atoms with Crippen molar-refractivity contribution >= 4 is 27.5 Å². The lowest BCUT2D eigenvalue weighted by Gasteiger charge is -2.34. The number of nitrogens with one attached hydrogen (secondary N) is 1. The topological polar surface area (TPSA) is 15.3 Å². The number of hydrogen-bond acceptors (Lipinski definition) is 2. The molecule has 0 radical (unpaired) electrons. The normalized spacial score (nSPS) is 20.7. The first-order valence-electron chi connectivity index (χ1n) is 8.01. The van der Waals surface area contributed by atoms with E-state index in [-0.39, 0.29) is 0 Å². The van der Waals surface area contributed by atoms with Crippen LogP contribution in [0.2, 0.25) is 5.02 Å². The molecular formula is C17H26BrClN2. The highest BCUT2D eigenvalue weighted by Gasteiger charge is 2.22. The summed E-state index contributed by atoms with van der Waals surface area (Å²) in [5.74, 6) is 0.766. The molecule has 2 atom stereocenters. The van der Waals surface area contributed by atoms with Gasteiger partial charge in [0.15, 0.2) is 0 Å². The van der Waals surface area contributed by atoms with E-state index < -0.39 is 0 Å². The molecule has 4 heteroatoms. The lowest BCUT2D eigenvalue weighted by atomic mass is 9.97. The second-order valence-electron chi connectivity index (χ2n) is 6.05. The van der Waals surface area contributed by atoms with Gasteiger partial charge in [0.2, 0.25) is 0 Å². The van der Waals surface area contributed by atoms with E-state index in [1.54, 1.807) is 0 Å². The summed E-state index contributed by atoms with van der Waals surface area (Å²) < 4.78 is 1.04. The summed E-state index contributed by atoms with van der Waals surface area (Å²) in [5, 5.41) is 4.38. The standard InChI is InChI=1S/C17H26BrClN2/c1-3-9-21(12-14-5-4-8-20-11-14)13(2)16-7-6-15(18)10-17(16)19/h6-7,10,13-14,20H,3-5,8-9,11-12H2,1-2H3. The quantitative estimate of drug-likeness (QED) is 0.765. The van der Waals surface area contributed by atoms with Crippen LogP contribution in [-0.2, 0) is 0 Å². The Labute approximate surface area is 142 Å². The monoisotopic (exact) mass is 372 g/mol. The molecule has 2 unspecified atom stereocenters. The molecule has 1 heterocycles. The fourth-order valence-electron chi connectivity index (χ4n) is 3.18. The van der Waals surface area contributed by atoms with Gasteiger partial charge in [-0.2, -0.15) is 0 Å². The number of rotatable bonds is 6. The Morgan fingerprint density at radius 3 is 2.90 bits per heavy atom. The van der Waals surface area contributed by atoms with Gasteiger partial charge >= 0.3 is 0 Å². The average Bonchev–Trinajstić information content (AvgIpc) is 2.47. The minimum atomic E-state index is 0.368. The van der Waals surface area contributed by atoms with Gasteiger partial charge in [0.1, 0.15) is 0 Å². The van der Waals surface area contributed by atoms with Crippen molar-refractivity contribution in [2.75, 3.05) is 26.2 Å². The van der Waals surface area contributed by atoms with Gasteiger partial charge in [-0.05, 0) is 69.4 Å². The van der Waals surface area contributed by atoms with Crippen molar-refractivity contribution < 1.29 is 0 Å². The Kier molecular flexibility index (Phi) is 7.00. The first-order chi connectivity index (χ1) is 10.1. The van der Waals surface area contributed by atoms with Crippen LogP contribution in [0.1, 0.15) is 44.7 Å². The molecule has 2 nitrogen and oxygen atoms in total. The van der Waals surface area contributed by atoms with E-state index in [4.69, 9.17) is 11.6 Å². The molecule has 0 saturated carbocycles. The van der Waals surface area contributed by atoms with E-state index in [2.05, 4.69) is 52.1 Å². The zero-order valence-corrected chi connectivity index (χ0v) is 15.4. The third-order valence-electron chi connectivity index (χ3n) is 4.36. The summed E-state index contributed by atoms with van der Waals surface area (Å²) in [7, 11) is 0. The minimum Gasteiger partial charge on any atom is -0.316 e. The van der Waals surface area contributed by atoms with Crippen LogP contribution in [0.3, 0.4) is 0 Å². The summed E-state index contributed by atoms with van der Waals surface area (Å²) in [5.41, 5.74) is 1.23. The molecule has 1 aromatic rings. The highest BCUT2D eigenvalue weighted by Crippen LogP contribution is 2.31. The maximum absolute atomic E-state index is 6.44. The molecule has 1 saturated heterocycles. The molecule has 0 spiro atoms. The largest absolute Gasteiger partial charge is 0.316 e. The maximum atomic E-state index is 6.44. The van der Waals surface area contributed by atoms with Crippen LogP contribution < -0.4 is 5.32 Å². The van der Waals surface area contributed by atoms with Gasteiger partial charge < -0.3 is 5.32 Å². The summed E-state index contributed by atoms with van der Waals surface area (Å²) in [6, 6.07) is 6.61. The van der Waals surface area contributed by atoms with Crippen molar-refractivity contribution in [2.24, 2.45) is 5.92 Å². The van der Waals surface area contributed by atoms with Gasteiger partial charge in [0.25, 0.3) is 0 Å². The summed E-state index contributed by atoms with van der Waals surface area (Å²) in [6.45, 7) is 9.15. The van der Waals surface area contributed by atoms with Crippen molar-refractivity contribution in [3.63, 3.8) is 0 Å². The Balaban J connectivity index is 2.08. The number of piperidine rings is 1. The first kappa shape index (κ1) is 17.3. The molecule has 118 valence electrons. The Bertz CT molecular complexity index is 446. The second-order valence-corrected chi connectivity index (χ2v) is 7.37. The number of nitrogens with zero attached hydrogens (tertiary/aromatic N) is 1. The van der Waals surface area contributed by atoms with Crippen molar-refractivity contribution in [3.8, 4) is 0 Å². The summed E-state index contributed by atoms with van der Waals surface area (Å²) in [4.78, 5) is 2.59. The van der Waals surface area contributed by atoms with E-state index in [1.165, 1.54) is 31.4 Å². The van der Waals surface area contributed by atoms with Crippen LogP contribution in [0.5, 0.6) is 0 Å². The summed E-state index contributed by atoms with van der Waals surface area (Å²) in [6.07, 6.45) is 3.82. The Morgan fingerprint density at radius 2 is 2.29 bits per heavy atom. The number of halogens is 2. The predicted octanol–water partition coefficient (Wildman–Crippen LogP) is 4.88. The van der Waals surface area contributed by atoms with E-state index in [1.807, 2.05) is 6.07 Å². The molecule has 1 aliphatic heterocycles. The van der Waals surface area contributed by atoms with E-state index in [0.717, 1.165) is 35.0 Å². The van der Waals surface area contributed by atoms with Gasteiger partial charge in [0.05, 0.1) is 0 Å². The van der Waals surface area contributed by atoms with Crippen molar-refractivity contribution in [1.29, 1.82) is 0 Å². The van der Waals surface area contributed by atoms with Crippen LogP contribution in [-0.4, -0.2) is 31.1 Å². The van der Waals surface area contributed by atoms with Crippen LogP contribution in [0.25, 0.3) is 0 Å². The zero-order chi connectivity index (χ0) is 15.2. The fourth-order valence-corrected chi connectivity index (χ4v) is 4.01. The lowest BCUT2D eigenvalue weighted by Crippen LogP contribution is -2.39. The van der Waals surface area contributed by atoms with Crippen LogP contribution in [0.15, 0.2) is 22.7 Å². The lowest BCUT2D eigenvalue weighted by molar-refractivity contribution is 0.163. The van der Waals surface area contributed by atoms with Crippen LogP contribution in [0, 0.1) is 5.92 Å². The molecule has 0 aliphatic carbocycles. The second kappa shape index (κ2) is 8.52. The summed E-state index contributed by atoms with van der Waals surface area (Å²) >= 11 is 9.93. The molecule has 0 bridgehead atoms. The molecule has 0 aromatic heterocycles. The third kappa shape index (κ3) is 4.95. The van der Waals surface area contributed by atoms with Gasteiger partial charge in [-0.15, -0.1) is 0 Å². The van der Waals surface area contributed by atoms with E-state index in [9.17, 15) is 0 Å². The van der Waals surface area contributed by atoms with Gasteiger partial charge in [-0.25, -0.2) is 0 Å². The number of hydrogen-bond donors (Lipinski definition) is 1. The third-order valence-corrected chi connectivity index (χ3v) is 5.18. The Morgan fingerprint density at radius 1 is 1.48 bits per heavy atom. The Hall–Kier alpha value is -0.0900. The first-order valence-corrected chi connectivity index (χ1v) is 9.18. The van der Waals surface area contributed by atoms with E-state index >= 15 is 0 Å². The SMILES string of the molecule is CCCN(CC1CCCNC1)C(C)c1ccc(Br)cc1Cl. The molecule has 1 aromatic carbocycles. The van der Waals surface area contributed by atoms with Crippen molar-refractivity contribution in [2.45, 2.75) is 39.2 Å². The van der Waals surface area contributed by atoms with Gasteiger partial charge in [-0.3, -0.25) is 4.90 Å². The molecule has 1 aliphatic rings. The molecule has 21 heavy (non-hydrogen) atoms. The fraction of sp³-hybridized carbons (Fsp3) is 0.647. The molecule has 2 rings (SSSR count). The average molecular weight is 374 g/mol. The van der Waals surface area contributed by atoms with Crippen molar-refractivity contribution in [3.05, 3.63) is 33.3 Å². The van der Waals surface area contributed by atoms with Gasteiger partial charge in [0, 0.05) is 22.1 Å². The molecular weight excluding hydrogens is 348 g/mol. The van der Waals surface area contributed by atoms with Gasteiger partial charge in [-0.1, -0.05) is 40.5 Å². The molecule has 1 N–H and O–H groups in total. The smallest absolute Gasteiger partial charge is 0.0464 e. The highest BCUT2D eigenvalue weighted by molar-refractivity contribution is 9.10. The van der Waals surface area contributed by atoms with E-state index in [0.29, 0.717) is 6.04 Å². The maximum Gasteiger partial charge on any atom is 0.0464 e. The minimum absolute atomic E-state index is 0.368. The predicted molar refractivity (Wildman–Crippen MR) is 95.0 cm³/mol. The number of benzene rings is 1. The molecule has 1 fully saturated rings. The van der Waals surface area contributed by atoms with Crippen molar-refractivity contribution in [1.82, 2.24) is 10.2 Å². The molecule has 0 amide bonds.